The Morgan fingerprint density at radius 2 is 1.43 bits per heavy atom. The van der Waals surface area contributed by atoms with Gasteiger partial charge in [0.15, 0.2) is 0 Å². The van der Waals surface area contributed by atoms with Gasteiger partial charge in [-0.15, -0.1) is 13.2 Å². The predicted octanol–water partition coefficient (Wildman–Crippen LogP) is -0.206. The van der Waals surface area contributed by atoms with Crippen molar-refractivity contribution in [3.05, 3.63) is 82.4 Å². The molecule has 21 heteroatoms. The molecule has 12 nitrogen and oxygen atoms in total. The molecule has 1 fully saturated rings. The number of pyridine rings is 2. The maximum Gasteiger partial charge on any atom is 0.573 e. The SMILES string of the molecule is C[NH+]1CCN(c2cc(Cn3cccc(C(=O)Nc4ccc(OC(F)(F)F)cc4)c3=O)cc[nH+]2)CC1.O=C([O-])C(F)(F)F.O=C([O-])C(F)(F)F. The molecule has 1 saturated heterocycles. The molecule has 1 aliphatic rings. The lowest BCUT2D eigenvalue weighted by Gasteiger charge is -2.25. The highest BCUT2D eigenvalue weighted by atomic mass is 19.4. The van der Waals surface area contributed by atoms with Gasteiger partial charge in [-0.1, -0.05) is 0 Å². The van der Waals surface area contributed by atoms with Crippen LogP contribution in [0.2, 0.25) is 0 Å². The van der Waals surface area contributed by atoms with E-state index in [2.05, 4.69) is 27.0 Å². The van der Waals surface area contributed by atoms with Gasteiger partial charge in [-0.2, -0.15) is 26.3 Å². The zero-order valence-electron chi connectivity index (χ0n) is 25.0. The molecule has 0 atom stereocenters. The number of hydrogen-bond donors (Lipinski definition) is 2. The van der Waals surface area contributed by atoms with Gasteiger partial charge in [0.2, 0.25) is 0 Å². The number of rotatable bonds is 6. The number of carboxylic acid groups (broad SMARTS) is 2. The van der Waals surface area contributed by atoms with Crippen molar-refractivity contribution in [3.63, 3.8) is 0 Å². The van der Waals surface area contributed by atoms with Crippen LogP contribution >= 0.6 is 0 Å². The van der Waals surface area contributed by atoms with Gasteiger partial charge in [-0.3, -0.25) is 14.5 Å². The second-order valence-corrected chi connectivity index (χ2v) is 9.98. The molecule has 0 spiro atoms. The van der Waals surface area contributed by atoms with E-state index in [0.717, 1.165) is 49.7 Å². The van der Waals surface area contributed by atoms with Gasteiger partial charge in [0.25, 0.3) is 17.3 Å². The van der Waals surface area contributed by atoms with Crippen molar-refractivity contribution in [2.24, 2.45) is 0 Å². The lowest BCUT2D eigenvalue weighted by atomic mass is 10.2. The molecular formula is C28H26F9N5O7. The summed E-state index contributed by atoms with van der Waals surface area (Å²) in [4.78, 5) is 50.3. The Morgan fingerprint density at radius 3 is 1.92 bits per heavy atom. The number of nitrogens with one attached hydrogen (secondary N) is 3. The normalized spacial score (nSPS) is 13.6. The van der Waals surface area contributed by atoms with Crippen LogP contribution in [0.25, 0.3) is 0 Å². The van der Waals surface area contributed by atoms with Crippen molar-refractivity contribution in [1.82, 2.24) is 4.57 Å². The zero-order valence-corrected chi connectivity index (χ0v) is 25.0. The van der Waals surface area contributed by atoms with Crippen molar-refractivity contribution >= 4 is 29.4 Å². The molecule has 0 aliphatic carbocycles. The van der Waals surface area contributed by atoms with Crippen molar-refractivity contribution in [1.29, 1.82) is 0 Å². The van der Waals surface area contributed by atoms with Crippen LogP contribution in [0.4, 0.5) is 51.0 Å². The molecule has 3 heterocycles. The number of benzene rings is 1. The largest absolute Gasteiger partial charge is 0.573 e. The Labute approximate surface area is 269 Å². The highest BCUT2D eigenvalue weighted by Gasteiger charge is 2.31. The number of alkyl halides is 9. The van der Waals surface area contributed by atoms with E-state index < -0.39 is 47.9 Å². The molecule has 0 unspecified atom stereocenters. The summed E-state index contributed by atoms with van der Waals surface area (Å²) in [7, 11) is 2.17. The smallest absolute Gasteiger partial charge is 0.542 e. The average Bonchev–Trinajstić information content (AvgIpc) is 2.98. The summed E-state index contributed by atoms with van der Waals surface area (Å²) in [5.74, 6) is -6.10. The molecule has 4 rings (SSSR count). The lowest BCUT2D eigenvalue weighted by Crippen LogP contribution is -3.12. The molecule has 0 bridgehead atoms. The van der Waals surface area contributed by atoms with E-state index in [-0.39, 0.29) is 17.8 Å². The number of H-pyrrole nitrogens is 1. The minimum absolute atomic E-state index is 0.0760. The summed E-state index contributed by atoms with van der Waals surface area (Å²) in [6, 6.07) is 11.6. The van der Waals surface area contributed by atoms with E-state index in [4.69, 9.17) is 19.8 Å². The van der Waals surface area contributed by atoms with Crippen LogP contribution in [0.15, 0.2) is 65.7 Å². The number of anilines is 2. The van der Waals surface area contributed by atoms with E-state index in [1.165, 1.54) is 27.7 Å². The number of carbonyl (C=O) groups is 3. The number of amides is 1. The van der Waals surface area contributed by atoms with Gasteiger partial charge >= 0.3 is 18.7 Å². The number of carbonyl (C=O) groups excluding carboxylic acids is 3. The van der Waals surface area contributed by atoms with Crippen molar-refractivity contribution in [2.45, 2.75) is 25.3 Å². The summed E-state index contributed by atoms with van der Waals surface area (Å²) in [6.07, 6.45) is -11.7. The van der Waals surface area contributed by atoms with Gasteiger partial charge < -0.3 is 39.3 Å². The number of halogens is 9. The quantitative estimate of drug-likeness (QED) is 0.332. The van der Waals surface area contributed by atoms with Gasteiger partial charge in [0.1, 0.15) is 49.4 Å². The van der Waals surface area contributed by atoms with Crippen molar-refractivity contribution in [2.75, 3.05) is 43.4 Å². The molecular weight excluding hydrogens is 689 g/mol. The number of nitrogens with zero attached hydrogens (tertiary/aromatic N) is 2. The number of quaternary nitrogens is 1. The number of carboxylic acids is 2. The Balaban J connectivity index is 0.000000500. The highest BCUT2D eigenvalue weighted by Crippen LogP contribution is 2.24. The summed E-state index contributed by atoms with van der Waals surface area (Å²) >= 11 is 0. The third kappa shape index (κ3) is 13.7. The summed E-state index contributed by atoms with van der Waals surface area (Å²) in [5.41, 5.74) is 0.592. The Hall–Kier alpha value is -5.34. The first-order chi connectivity index (χ1) is 22.6. The molecule has 1 aromatic carbocycles. The molecule has 0 radical (unpaired) electrons. The summed E-state index contributed by atoms with van der Waals surface area (Å²) in [6.45, 7) is 4.25. The number of aliphatic carboxylic acids is 2. The third-order valence-corrected chi connectivity index (χ3v) is 6.23. The number of aromatic amines is 1. The fourth-order valence-electron chi connectivity index (χ4n) is 3.88. The first-order valence-corrected chi connectivity index (χ1v) is 13.6. The van der Waals surface area contributed by atoms with E-state index in [1.807, 2.05) is 18.3 Å². The highest BCUT2D eigenvalue weighted by molar-refractivity contribution is 6.04. The van der Waals surface area contributed by atoms with Crippen LogP contribution in [-0.2, 0) is 16.1 Å². The van der Waals surface area contributed by atoms with Gasteiger partial charge in [-0.05, 0) is 48.0 Å². The monoisotopic (exact) mass is 715 g/mol. The second-order valence-electron chi connectivity index (χ2n) is 9.98. The standard InChI is InChI=1S/C24H24F3N5O3.2C2HF3O2/c1-30-11-13-31(14-12-30)21-15-17(8-9-28-21)16-32-10-2-3-20(23(32)34)22(33)29-18-4-6-19(7-5-18)35-24(25,26)27;2*3-2(4,5)1(6)7/h2-10,15H,11-14,16H2,1H3,(H,29,33);2*(H,6,7). The molecule has 0 saturated carbocycles. The van der Waals surface area contributed by atoms with Crippen LogP contribution in [0.3, 0.4) is 0 Å². The number of likely N-dealkylation sites (N-methyl/N-ethyl adjacent to an activating group) is 1. The first kappa shape index (κ1) is 39.8. The Kier molecular flexibility index (Phi) is 13.5. The van der Waals surface area contributed by atoms with Gasteiger partial charge in [0.05, 0.1) is 19.8 Å². The minimum Gasteiger partial charge on any atom is -0.542 e. The fraction of sp³-hybridized carbons (Fsp3) is 0.321. The van der Waals surface area contributed by atoms with Crippen LogP contribution in [0.5, 0.6) is 5.75 Å². The molecule has 1 amide bonds. The number of aromatic nitrogens is 2. The molecule has 3 aromatic rings. The number of ether oxygens (including phenoxy) is 1. The van der Waals surface area contributed by atoms with Crippen molar-refractivity contribution in [3.8, 4) is 5.75 Å². The molecule has 268 valence electrons. The van der Waals surface area contributed by atoms with E-state index >= 15 is 0 Å². The molecule has 3 N–H and O–H groups in total. The van der Waals surface area contributed by atoms with E-state index in [0.29, 0.717) is 0 Å². The maximum atomic E-state index is 13.0. The fourth-order valence-corrected chi connectivity index (χ4v) is 3.88. The van der Waals surface area contributed by atoms with Crippen LogP contribution in [-0.4, -0.2) is 74.4 Å². The minimum atomic E-state index is -5.19. The third-order valence-electron chi connectivity index (χ3n) is 6.23. The summed E-state index contributed by atoms with van der Waals surface area (Å²) < 4.78 is 105. The van der Waals surface area contributed by atoms with Gasteiger partial charge in [-0.25, -0.2) is 4.98 Å². The van der Waals surface area contributed by atoms with Crippen LogP contribution < -0.4 is 40.6 Å². The van der Waals surface area contributed by atoms with Gasteiger partial charge in [0, 0.05) is 18.0 Å². The van der Waals surface area contributed by atoms with Crippen LogP contribution in [0.1, 0.15) is 15.9 Å². The van der Waals surface area contributed by atoms with E-state index in [9.17, 15) is 49.1 Å². The topological polar surface area (TPSA) is 162 Å². The Morgan fingerprint density at radius 1 is 0.898 bits per heavy atom. The lowest BCUT2D eigenvalue weighted by molar-refractivity contribution is -0.880. The summed E-state index contributed by atoms with van der Waals surface area (Å²) in [5, 5.41) is 20.1. The van der Waals surface area contributed by atoms with Crippen molar-refractivity contribution < 1.29 is 78.7 Å². The zero-order chi connectivity index (χ0) is 37.2. The molecule has 1 aliphatic heterocycles. The predicted molar refractivity (Wildman–Crippen MR) is 145 cm³/mol. The second kappa shape index (κ2) is 16.7. The maximum absolute atomic E-state index is 13.0. The Bertz CT molecular complexity index is 1610. The average molecular weight is 716 g/mol. The van der Waals surface area contributed by atoms with Crippen LogP contribution in [0, 0.1) is 0 Å². The number of piperazine rings is 1. The molecule has 49 heavy (non-hydrogen) atoms. The van der Waals surface area contributed by atoms with E-state index in [1.54, 1.807) is 12.3 Å². The number of hydrogen-bond acceptors (Lipinski definition) is 8. The first-order valence-electron chi connectivity index (χ1n) is 13.6. The molecule has 2 aromatic heterocycles.